The van der Waals surface area contributed by atoms with Crippen molar-refractivity contribution in [1.29, 1.82) is 0 Å². The quantitative estimate of drug-likeness (QED) is 0.212. The fourth-order valence-electron chi connectivity index (χ4n) is 6.15. The predicted molar refractivity (Wildman–Crippen MR) is 180 cm³/mol. The number of halogens is 1. The van der Waals surface area contributed by atoms with Crippen LogP contribution in [0, 0.1) is 5.41 Å². The van der Waals surface area contributed by atoms with E-state index < -0.39 is 7.14 Å². The average Bonchev–Trinajstić information content (AvgIpc) is 2.96. The number of aromatic nitrogens is 2. The van der Waals surface area contributed by atoms with Gasteiger partial charge >= 0.3 is 0 Å². The van der Waals surface area contributed by atoms with E-state index >= 15 is 0 Å². The molecule has 0 atom stereocenters. The molecular formula is C32H41ClN7O2P. The van der Waals surface area contributed by atoms with Crippen molar-refractivity contribution in [2.75, 3.05) is 68.0 Å². The fraction of sp³-hybridized carbons (Fsp3) is 0.406. The van der Waals surface area contributed by atoms with Crippen LogP contribution in [0.3, 0.4) is 0 Å². The molecule has 1 aliphatic carbocycles. The summed E-state index contributed by atoms with van der Waals surface area (Å²) in [5.74, 6) is 0.541. The number of hydrogen-bond donors (Lipinski definition) is 2. The number of nitrogens with zero attached hydrogens (tertiary/aromatic N) is 5. The summed E-state index contributed by atoms with van der Waals surface area (Å²) in [5, 5.41) is 7.55. The van der Waals surface area contributed by atoms with Gasteiger partial charge in [-0.1, -0.05) is 30.3 Å². The SMILES string of the molecule is C=CC(=O)N(C)c1cc(Nc2ncc(Cl)c(Nc3ccccc3P(C)(C)=O)n2)ccc1N1CCC2(CC1)CC(N(C)C)C2. The molecule has 1 aromatic heterocycles. The van der Waals surface area contributed by atoms with Crippen LogP contribution < -0.4 is 25.7 Å². The molecular weight excluding hydrogens is 581 g/mol. The highest BCUT2D eigenvalue weighted by Gasteiger charge is 2.46. The van der Waals surface area contributed by atoms with E-state index in [2.05, 4.69) is 57.1 Å². The van der Waals surface area contributed by atoms with Crippen LogP contribution in [0.1, 0.15) is 25.7 Å². The van der Waals surface area contributed by atoms with Gasteiger partial charge in [-0.05, 0) is 94.9 Å². The zero-order valence-corrected chi connectivity index (χ0v) is 27.3. The highest BCUT2D eigenvalue weighted by atomic mass is 35.5. The maximum Gasteiger partial charge on any atom is 0.250 e. The standard InChI is InChI=1S/C32H41ClN7O2P/c1-7-29(41)39(4)27-18-22(12-13-26(27)40-16-14-32(15-17-40)19-23(20-32)38(2)3)35-31-34-21-24(33)30(37-31)36-25-10-8-9-11-28(25)43(5,6)42/h7-13,18,21,23H,1,14-17,19-20H2,2-6H3,(H2,34,35,36,37). The van der Waals surface area contributed by atoms with Gasteiger partial charge in [0.1, 0.15) is 12.2 Å². The van der Waals surface area contributed by atoms with Crippen LogP contribution in [0.5, 0.6) is 0 Å². The van der Waals surface area contributed by atoms with Gasteiger partial charge in [-0.15, -0.1) is 0 Å². The highest BCUT2D eigenvalue weighted by Crippen LogP contribution is 2.51. The summed E-state index contributed by atoms with van der Waals surface area (Å²) in [6.45, 7) is 9.06. The molecule has 2 fully saturated rings. The van der Waals surface area contributed by atoms with Gasteiger partial charge in [-0.25, -0.2) is 4.98 Å². The largest absolute Gasteiger partial charge is 0.370 e. The third-order valence-electron chi connectivity index (χ3n) is 8.81. The molecule has 0 radical (unpaired) electrons. The summed E-state index contributed by atoms with van der Waals surface area (Å²) < 4.78 is 12.8. The van der Waals surface area contributed by atoms with Gasteiger partial charge in [0.25, 0.3) is 0 Å². The van der Waals surface area contributed by atoms with Crippen LogP contribution in [0.15, 0.2) is 61.3 Å². The molecule has 1 spiro atoms. The first-order valence-electron chi connectivity index (χ1n) is 14.6. The normalized spacial score (nSPS) is 16.6. The Balaban J connectivity index is 1.37. The molecule has 228 valence electrons. The summed E-state index contributed by atoms with van der Waals surface area (Å²) in [6.07, 6.45) is 7.68. The Hall–Kier alpha value is -3.39. The first-order valence-corrected chi connectivity index (χ1v) is 17.5. The maximum absolute atomic E-state index is 12.8. The van der Waals surface area contributed by atoms with E-state index in [-0.39, 0.29) is 5.91 Å². The molecule has 0 unspecified atom stereocenters. The molecule has 2 N–H and O–H groups in total. The number of piperidine rings is 1. The van der Waals surface area contributed by atoms with Gasteiger partial charge in [0, 0.05) is 37.2 Å². The Morgan fingerprint density at radius 3 is 2.47 bits per heavy atom. The second-order valence-electron chi connectivity index (χ2n) is 12.3. The third-order valence-corrected chi connectivity index (χ3v) is 10.6. The second-order valence-corrected chi connectivity index (χ2v) is 15.9. The van der Waals surface area contributed by atoms with E-state index in [1.54, 1.807) is 25.3 Å². The Kier molecular flexibility index (Phi) is 8.89. The zero-order chi connectivity index (χ0) is 30.9. The van der Waals surface area contributed by atoms with E-state index in [0.29, 0.717) is 39.2 Å². The van der Waals surface area contributed by atoms with E-state index in [1.165, 1.54) is 25.1 Å². The highest BCUT2D eigenvalue weighted by molar-refractivity contribution is 7.70. The number of nitrogens with one attached hydrogen (secondary N) is 2. The van der Waals surface area contributed by atoms with Crippen LogP contribution in [0.25, 0.3) is 0 Å². The van der Waals surface area contributed by atoms with Crippen LogP contribution in [0.4, 0.5) is 34.5 Å². The van der Waals surface area contributed by atoms with E-state index in [4.69, 9.17) is 11.6 Å². The molecule has 43 heavy (non-hydrogen) atoms. The maximum atomic E-state index is 12.8. The van der Waals surface area contributed by atoms with Crippen molar-refractivity contribution in [1.82, 2.24) is 14.9 Å². The van der Waals surface area contributed by atoms with Gasteiger partial charge in [0.2, 0.25) is 11.9 Å². The minimum Gasteiger partial charge on any atom is -0.370 e. The molecule has 3 aromatic rings. The number of benzene rings is 2. The zero-order valence-electron chi connectivity index (χ0n) is 25.6. The van der Waals surface area contributed by atoms with Gasteiger partial charge in [-0.3, -0.25) is 4.79 Å². The van der Waals surface area contributed by atoms with Crippen molar-refractivity contribution in [3.8, 4) is 0 Å². The summed E-state index contributed by atoms with van der Waals surface area (Å²) in [5.41, 5.74) is 3.65. The smallest absolute Gasteiger partial charge is 0.250 e. The number of rotatable bonds is 9. The van der Waals surface area contributed by atoms with Crippen LogP contribution in [-0.2, 0) is 9.36 Å². The average molecular weight is 622 g/mol. The van der Waals surface area contributed by atoms with Gasteiger partial charge in [-0.2, -0.15) is 4.98 Å². The number of carbonyl (C=O) groups excluding carboxylic acids is 1. The summed E-state index contributed by atoms with van der Waals surface area (Å²) in [7, 11) is 3.57. The van der Waals surface area contributed by atoms with Crippen molar-refractivity contribution in [3.63, 3.8) is 0 Å². The van der Waals surface area contributed by atoms with Crippen molar-refractivity contribution in [2.45, 2.75) is 31.7 Å². The van der Waals surface area contributed by atoms with E-state index in [1.807, 2.05) is 36.4 Å². The van der Waals surface area contributed by atoms with Crippen molar-refractivity contribution >= 4 is 64.5 Å². The Bertz CT molecular complexity index is 1560. The Morgan fingerprint density at radius 2 is 1.81 bits per heavy atom. The summed E-state index contributed by atoms with van der Waals surface area (Å²) >= 11 is 6.45. The molecule has 1 saturated heterocycles. The lowest BCUT2D eigenvalue weighted by Crippen LogP contribution is -2.53. The minimum absolute atomic E-state index is 0.184. The number of amides is 1. The second kappa shape index (κ2) is 12.3. The van der Waals surface area contributed by atoms with Crippen molar-refractivity contribution in [2.24, 2.45) is 5.41 Å². The molecule has 9 nitrogen and oxygen atoms in total. The Morgan fingerprint density at radius 1 is 1.12 bits per heavy atom. The van der Waals surface area contributed by atoms with E-state index in [0.717, 1.165) is 43.0 Å². The lowest BCUT2D eigenvalue weighted by molar-refractivity contribution is -0.113. The number of carbonyl (C=O) groups is 1. The number of hydrogen-bond acceptors (Lipinski definition) is 8. The molecule has 5 rings (SSSR count). The first-order chi connectivity index (χ1) is 20.4. The Labute approximate surface area is 259 Å². The molecule has 2 aliphatic rings. The number of para-hydroxylation sites is 1. The molecule has 2 heterocycles. The van der Waals surface area contributed by atoms with Crippen molar-refractivity contribution in [3.05, 3.63) is 66.3 Å². The minimum atomic E-state index is -2.54. The van der Waals surface area contributed by atoms with Crippen LogP contribution in [-0.4, -0.2) is 74.4 Å². The van der Waals surface area contributed by atoms with Gasteiger partial charge < -0.3 is 29.9 Å². The summed E-state index contributed by atoms with van der Waals surface area (Å²) in [4.78, 5) is 28.1. The van der Waals surface area contributed by atoms with Gasteiger partial charge in [0.05, 0.1) is 23.3 Å². The number of anilines is 6. The van der Waals surface area contributed by atoms with Crippen LogP contribution >= 0.6 is 18.7 Å². The molecule has 1 aliphatic heterocycles. The first kappa shape index (κ1) is 31.0. The monoisotopic (exact) mass is 621 g/mol. The van der Waals surface area contributed by atoms with Gasteiger partial charge in [0.15, 0.2) is 5.82 Å². The topological polar surface area (TPSA) is 93.7 Å². The summed E-state index contributed by atoms with van der Waals surface area (Å²) in [6, 6.07) is 14.1. The molecule has 1 amide bonds. The van der Waals surface area contributed by atoms with Crippen LogP contribution in [0.2, 0.25) is 5.02 Å². The van der Waals surface area contributed by atoms with Crippen molar-refractivity contribution < 1.29 is 9.36 Å². The predicted octanol–water partition coefficient (Wildman–Crippen LogP) is 6.32. The third kappa shape index (κ3) is 6.74. The van der Waals surface area contributed by atoms with E-state index in [9.17, 15) is 9.36 Å². The number of likely N-dealkylation sites (N-methyl/N-ethyl adjacent to an activating group) is 1. The molecule has 0 bridgehead atoms. The lowest BCUT2D eigenvalue weighted by Gasteiger charge is -2.54. The molecule has 2 aromatic carbocycles. The lowest BCUT2D eigenvalue weighted by atomic mass is 9.60. The molecule has 1 saturated carbocycles. The molecule has 11 heteroatoms. The fourth-order valence-corrected chi connectivity index (χ4v) is 7.44.